The van der Waals surface area contributed by atoms with Crippen LogP contribution in [0.2, 0.25) is 0 Å². The smallest absolute Gasteiger partial charge is 0.251 e. The third-order valence-electron chi connectivity index (χ3n) is 2.59. The van der Waals surface area contributed by atoms with E-state index in [0.29, 0.717) is 6.20 Å². The number of aromatic nitrogens is 1. The Morgan fingerprint density at radius 1 is 1.17 bits per heavy atom. The van der Waals surface area contributed by atoms with Gasteiger partial charge in [-0.1, -0.05) is 0 Å². The number of alkyl halides is 6. The maximum absolute atomic E-state index is 13.2. The first-order valence-electron chi connectivity index (χ1n) is 6.11. The van der Waals surface area contributed by atoms with E-state index >= 15 is 0 Å². The van der Waals surface area contributed by atoms with Gasteiger partial charge in [-0.05, 0) is 48.3 Å². The predicted molar refractivity (Wildman–Crippen MR) is 76.8 cm³/mol. The minimum absolute atomic E-state index is 0.272. The molecular weight excluding hydrogens is 414 g/mol. The van der Waals surface area contributed by atoms with Gasteiger partial charge in [-0.3, -0.25) is 4.98 Å². The zero-order chi connectivity index (χ0) is 18.2. The van der Waals surface area contributed by atoms with E-state index in [2.05, 4.69) is 20.9 Å². The van der Waals surface area contributed by atoms with E-state index in [0.717, 1.165) is 0 Å². The van der Waals surface area contributed by atoms with Crippen molar-refractivity contribution in [2.75, 3.05) is 0 Å². The number of hydrogen-bond donors (Lipinski definition) is 1. The molecule has 23 heavy (non-hydrogen) atoms. The van der Waals surface area contributed by atoms with E-state index in [-0.39, 0.29) is 10.5 Å². The molecule has 0 aromatic carbocycles. The third kappa shape index (κ3) is 5.42. The Morgan fingerprint density at radius 3 is 2.09 bits per heavy atom. The van der Waals surface area contributed by atoms with Gasteiger partial charge in [0.2, 0.25) is 0 Å². The fraction of sp³-hybridized carbons (Fsp3) is 0.583. The van der Waals surface area contributed by atoms with Crippen LogP contribution in [0.15, 0.2) is 16.7 Å². The SMILES string of the molecule is CC(C)(C)S(=O)NC(c1cc(C(F)(F)F)ncc1Br)C(F)(F)F. The van der Waals surface area contributed by atoms with Crippen LogP contribution >= 0.6 is 15.9 Å². The van der Waals surface area contributed by atoms with Crippen molar-refractivity contribution in [1.29, 1.82) is 0 Å². The maximum Gasteiger partial charge on any atom is 0.433 e. The first-order chi connectivity index (χ1) is 10.1. The van der Waals surface area contributed by atoms with Gasteiger partial charge in [0, 0.05) is 10.7 Å². The summed E-state index contributed by atoms with van der Waals surface area (Å²) in [5, 5.41) is 0. The first-order valence-corrected chi connectivity index (χ1v) is 8.05. The molecule has 132 valence electrons. The first kappa shape index (κ1) is 20.4. The van der Waals surface area contributed by atoms with Crippen LogP contribution < -0.4 is 4.72 Å². The summed E-state index contributed by atoms with van der Waals surface area (Å²) in [5.74, 6) is 0. The van der Waals surface area contributed by atoms with E-state index < -0.39 is 45.4 Å². The molecule has 3 nitrogen and oxygen atoms in total. The second kappa shape index (κ2) is 6.67. The van der Waals surface area contributed by atoms with Crippen molar-refractivity contribution in [3.63, 3.8) is 0 Å². The van der Waals surface area contributed by atoms with Crippen LogP contribution in [0, 0.1) is 0 Å². The van der Waals surface area contributed by atoms with Crippen molar-refractivity contribution in [3.05, 3.63) is 28.0 Å². The maximum atomic E-state index is 13.2. The molecule has 1 aromatic heterocycles. The van der Waals surface area contributed by atoms with Crippen LogP contribution in [-0.4, -0.2) is 20.1 Å². The van der Waals surface area contributed by atoms with Gasteiger partial charge in [0.25, 0.3) is 0 Å². The summed E-state index contributed by atoms with van der Waals surface area (Å²) in [6, 6.07) is -2.25. The standard InChI is InChI=1S/C12H13BrF6N2OS/c1-10(2,3)23(22)21-9(12(17,18)19)6-4-8(11(14,15)16)20-5-7(6)13/h4-5,9,21H,1-3H3. The summed E-state index contributed by atoms with van der Waals surface area (Å²) < 4.78 is 90.2. The molecule has 1 aromatic rings. The van der Waals surface area contributed by atoms with Gasteiger partial charge in [0.15, 0.2) is 0 Å². The molecule has 2 atom stereocenters. The van der Waals surface area contributed by atoms with Crippen molar-refractivity contribution in [2.45, 2.75) is 43.9 Å². The predicted octanol–water partition coefficient (Wildman–Crippen LogP) is 4.52. The second-order valence-electron chi connectivity index (χ2n) is 5.56. The Hall–Kier alpha value is -0.680. The summed E-state index contributed by atoms with van der Waals surface area (Å²) >= 11 is 2.76. The van der Waals surface area contributed by atoms with E-state index in [4.69, 9.17) is 0 Å². The summed E-state index contributed by atoms with van der Waals surface area (Å²) in [6.07, 6.45) is -9.21. The van der Waals surface area contributed by atoms with E-state index in [1.165, 1.54) is 20.8 Å². The monoisotopic (exact) mass is 426 g/mol. The minimum atomic E-state index is -4.95. The molecule has 1 rings (SSSR count). The summed E-state index contributed by atoms with van der Waals surface area (Å²) in [4.78, 5) is 3.06. The topological polar surface area (TPSA) is 42.0 Å². The van der Waals surface area contributed by atoms with Crippen molar-refractivity contribution >= 4 is 26.9 Å². The van der Waals surface area contributed by atoms with Gasteiger partial charge in [-0.25, -0.2) is 8.93 Å². The summed E-state index contributed by atoms with van der Waals surface area (Å²) in [6.45, 7) is 4.31. The van der Waals surface area contributed by atoms with Gasteiger partial charge in [-0.2, -0.15) is 26.3 Å². The Labute approximate surface area is 139 Å². The van der Waals surface area contributed by atoms with Gasteiger partial charge < -0.3 is 0 Å². The van der Waals surface area contributed by atoms with Crippen molar-refractivity contribution in [1.82, 2.24) is 9.71 Å². The molecular formula is C12H13BrF6N2OS. The van der Waals surface area contributed by atoms with Crippen LogP contribution in [0.25, 0.3) is 0 Å². The molecule has 0 amide bonds. The number of nitrogens with one attached hydrogen (secondary N) is 1. The molecule has 0 spiro atoms. The van der Waals surface area contributed by atoms with Crippen LogP contribution in [0.3, 0.4) is 0 Å². The molecule has 11 heteroatoms. The Kier molecular flexibility index (Phi) is 5.91. The Balaban J connectivity index is 3.37. The average Bonchev–Trinajstić information content (AvgIpc) is 2.32. The highest BCUT2D eigenvalue weighted by molar-refractivity contribution is 9.10. The zero-order valence-electron chi connectivity index (χ0n) is 12.1. The molecule has 1 heterocycles. The van der Waals surface area contributed by atoms with Crippen molar-refractivity contribution < 1.29 is 30.6 Å². The molecule has 2 unspecified atom stereocenters. The lowest BCUT2D eigenvalue weighted by Crippen LogP contribution is -2.41. The van der Waals surface area contributed by atoms with Crippen LogP contribution in [-0.2, 0) is 17.2 Å². The number of pyridine rings is 1. The van der Waals surface area contributed by atoms with Crippen molar-refractivity contribution in [2.24, 2.45) is 0 Å². The fourth-order valence-corrected chi connectivity index (χ4v) is 2.69. The molecule has 0 aliphatic heterocycles. The van der Waals surface area contributed by atoms with Gasteiger partial charge in [-0.15, -0.1) is 0 Å². The lowest BCUT2D eigenvalue weighted by atomic mass is 10.1. The van der Waals surface area contributed by atoms with E-state index in [1.807, 2.05) is 4.72 Å². The van der Waals surface area contributed by atoms with E-state index in [9.17, 15) is 30.6 Å². The van der Waals surface area contributed by atoms with E-state index in [1.54, 1.807) is 0 Å². The van der Waals surface area contributed by atoms with Crippen LogP contribution in [0.1, 0.15) is 38.1 Å². The number of nitrogens with zero attached hydrogens (tertiary/aromatic N) is 1. The molecule has 0 fully saturated rings. The van der Waals surface area contributed by atoms with Gasteiger partial charge >= 0.3 is 12.4 Å². The number of halogens is 7. The Morgan fingerprint density at radius 2 is 1.70 bits per heavy atom. The normalized spacial score (nSPS) is 16.3. The molecule has 0 aliphatic carbocycles. The van der Waals surface area contributed by atoms with Crippen molar-refractivity contribution in [3.8, 4) is 0 Å². The second-order valence-corrected chi connectivity index (χ2v) is 8.41. The zero-order valence-corrected chi connectivity index (χ0v) is 14.5. The largest absolute Gasteiger partial charge is 0.433 e. The lowest BCUT2D eigenvalue weighted by molar-refractivity contribution is -0.154. The average molecular weight is 427 g/mol. The third-order valence-corrected chi connectivity index (χ3v) is 4.82. The molecule has 0 saturated heterocycles. The Bertz CT molecular complexity index is 597. The molecule has 0 saturated carbocycles. The quantitative estimate of drug-likeness (QED) is 0.722. The number of rotatable bonds is 3. The highest BCUT2D eigenvalue weighted by Crippen LogP contribution is 2.39. The fourth-order valence-electron chi connectivity index (χ4n) is 1.42. The molecule has 0 bridgehead atoms. The molecule has 0 radical (unpaired) electrons. The molecule has 0 aliphatic rings. The van der Waals surface area contributed by atoms with Crippen LogP contribution in [0.5, 0.6) is 0 Å². The van der Waals surface area contributed by atoms with Gasteiger partial charge in [0.05, 0.1) is 15.7 Å². The summed E-state index contributed by atoms with van der Waals surface area (Å²) in [5.41, 5.74) is -2.20. The highest BCUT2D eigenvalue weighted by Gasteiger charge is 2.45. The molecule has 1 N–H and O–H groups in total. The van der Waals surface area contributed by atoms with Crippen LogP contribution in [0.4, 0.5) is 26.3 Å². The van der Waals surface area contributed by atoms with Gasteiger partial charge in [0.1, 0.15) is 11.7 Å². The highest BCUT2D eigenvalue weighted by atomic mass is 79.9. The summed E-state index contributed by atoms with van der Waals surface area (Å²) in [7, 11) is -2.14. The lowest BCUT2D eigenvalue weighted by Gasteiger charge is -2.27. The minimum Gasteiger partial charge on any atom is -0.251 e. The number of hydrogen-bond acceptors (Lipinski definition) is 2.